The highest BCUT2D eigenvalue weighted by Crippen LogP contribution is 2.25. The van der Waals surface area contributed by atoms with Crippen LogP contribution in [0.3, 0.4) is 0 Å². The van der Waals surface area contributed by atoms with Crippen molar-refractivity contribution in [3.8, 4) is 5.75 Å². The summed E-state index contributed by atoms with van der Waals surface area (Å²) in [6.45, 7) is 7.19. The molecule has 1 aromatic carbocycles. The zero-order valence-corrected chi connectivity index (χ0v) is 13.3. The van der Waals surface area contributed by atoms with Gasteiger partial charge in [0.2, 0.25) is 0 Å². The van der Waals surface area contributed by atoms with Gasteiger partial charge in [0, 0.05) is 0 Å². The van der Waals surface area contributed by atoms with Crippen LogP contribution in [-0.2, 0) is 0 Å². The number of ether oxygens (including phenoxy) is 1. The molecule has 0 aliphatic carbocycles. The predicted octanol–water partition coefficient (Wildman–Crippen LogP) is 5.12. The summed E-state index contributed by atoms with van der Waals surface area (Å²) < 4.78 is 5.73. The number of aliphatic hydroxyl groups excluding tert-OH is 1. The molecule has 0 fully saturated rings. The van der Waals surface area contributed by atoms with Crippen molar-refractivity contribution in [3.05, 3.63) is 29.8 Å². The highest BCUT2D eigenvalue weighted by atomic mass is 16.5. The smallest absolute Gasteiger partial charge is 0.119 e. The van der Waals surface area contributed by atoms with Gasteiger partial charge in [-0.3, -0.25) is 0 Å². The van der Waals surface area contributed by atoms with Crippen molar-refractivity contribution < 1.29 is 9.84 Å². The second kappa shape index (κ2) is 9.82. The minimum absolute atomic E-state index is 0.292. The van der Waals surface area contributed by atoms with Crippen molar-refractivity contribution in [2.24, 2.45) is 5.92 Å². The van der Waals surface area contributed by atoms with Crippen LogP contribution in [0.4, 0.5) is 0 Å². The highest BCUT2D eigenvalue weighted by molar-refractivity contribution is 5.28. The fourth-order valence-electron chi connectivity index (χ4n) is 2.21. The first-order valence-corrected chi connectivity index (χ1v) is 8.09. The van der Waals surface area contributed by atoms with E-state index in [1.807, 2.05) is 24.3 Å². The van der Waals surface area contributed by atoms with E-state index in [0.717, 1.165) is 30.8 Å². The average molecular weight is 278 g/mol. The minimum atomic E-state index is -0.372. The third kappa shape index (κ3) is 5.96. The van der Waals surface area contributed by atoms with Gasteiger partial charge >= 0.3 is 0 Å². The summed E-state index contributed by atoms with van der Waals surface area (Å²) in [5.41, 5.74) is 0.981. The van der Waals surface area contributed by atoms with Crippen molar-refractivity contribution in [1.29, 1.82) is 0 Å². The molecule has 0 amide bonds. The van der Waals surface area contributed by atoms with E-state index in [4.69, 9.17) is 4.74 Å². The summed E-state index contributed by atoms with van der Waals surface area (Å²) in [6, 6.07) is 7.88. The maximum Gasteiger partial charge on any atom is 0.119 e. The van der Waals surface area contributed by atoms with Gasteiger partial charge in [-0.25, -0.2) is 0 Å². The van der Waals surface area contributed by atoms with E-state index in [1.165, 1.54) is 25.7 Å². The van der Waals surface area contributed by atoms with Gasteiger partial charge in [-0.15, -0.1) is 0 Å². The van der Waals surface area contributed by atoms with Gasteiger partial charge in [0.05, 0.1) is 12.7 Å². The Bertz CT molecular complexity index is 345. The van der Waals surface area contributed by atoms with Gasteiger partial charge in [0.25, 0.3) is 0 Å². The summed E-state index contributed by atoms with van der Waals surface area (Å²) in [4.78, 5) is 0. The van der Waals surface area contributed by atoms with Gasteiger partial charge in [0.1, 0.15) is 5.75 Å². The Morgan fingerprint density at radius 3 is 2.25 bits per heavy atom. The molecule has 0 saturated carbocycles. The van der Waals surface area contributed by atoms with E-state index < -0.39 is 0 Å². The third-order valence-electron chi connectivity index (χ3n) is 3.92. The van der Waals surface area contributed by atoms with E-state index in [2.05, 4.69) is 20.8 Å². The van der Waals surface area contributed by atoms with Gasteiger partial charge < -0.3 is 9.84 Å². The van der Waals surface area contributed by atoms with E-state index in [9.17, 15) is 5.11 Å². The standard InChI is InChI=1S/C18H30O2/c1-4-6-7-8-9-14-20-17-12-10-16(11-13-17)18(19)15(3)5-2/h10-13,15,18-19H,4-9,14H2,1-3H3. The molecule has 0 heterocycles. The minimum Gasteiger partial charge on any atom is -0.494 e. The Labute approximate surface area is 124 Å². The molecule has 20 heavy (non-hydrogen) atoms. The lowest BCUT2D eigenvalue weighted by molar-refractivity contribution is 0.115. The molecule has 2 unspecified atom stereocenters. The summed E-state index contributed by atoms with van der Waals surface area (Å²) >= 11 is 0. The molecule has 0 spiro atoms. The maximum absolute atomic E-state index is 10.1. The summed E-state index contributed by atoms with van der Waals surface area (Å²) in [7, 11) is 0. The Hall–Kier alpha value is -1.02. The van der Waals surface area contributed by atoms with Crippen molar-refractivity contribution >= 4 is 0 Å². The first-order chi connectivity index (χ1) is 9.69. The van der Waals surface area contributed by atoms with Gasteiger partial charge in [-0.1, -0.05) is 65.0 Å². The van der Waals surface area contributed by atoms with E-state index in [0.29, 0.717) is 5.92 Å². The maximum atomic E-state index is 10.1. The summed E-state index contributed by atoms with van der Waals surface area (Å²) in [5.74, 6) is 1.20. The first-order valence-electron chi connectivity index (χ1n) is 8.09. The lowest BCUT2D eigenvalue weighted by atomic mass is 9.95. The predicted molar refractivity (Wildman–Crippen MR) is 85.1 cm³/mol. The molecule has 1 rings (SSSR count). The number of benzene rings is 1. The molecule has 0 aromatic heterocycles. The molecular formula is C18H30O2. The Morgan fingerprint density at radius 2 is 1.65 bits per heavy atom. The molecule has 0 bridgehead atoms. The molecule has 2 nitrogen and oxygen atoms in total. The van der Waals surface area contributed by atoms with Crippen molar-refractivity contribution in [3.63, 3.8) is 0 Å². The number of hydrogen-bond acceptors (Lipinski definition) is 2. The second-order valence-corrected chi connectivity index (χ2v) is 5.66. The number of hydrogen-bond donors (Lipinski definition) is 1. The number of rotatable bonds is 10. The lowest BCUT2D eigenvalue weighted by Crippen LogP contribution is -2.08. The van der Waals surface area contributed by atoms with E-state index in [1.54, 1.807) is 0 Å². The second-order valence-electron chi connectivity index (χ2n) is 5.66. The topological polar surface area (TPSA) is 29.5 Å². The van der Waals surface area contributed by atoms with Gasteiger partial charge in [-0.2, -0.15) is 0 Å². The van der Waals surface area contributed by atoms with Crippen LogP contribution < -0.4 is 4.74 Å². The Kier molecular flexibility index (Phi) is 8.36. The highest BCUT2D eigenvalue weighted by Gasteiger charge is 2.14. The molecule has 2 atom stereocenters. The third-order valence-corrected chi connectivity index (χ3v) is 3.92. The molecule has 1 aromatic rings. The number of unbranched alkanes of at least 4 members (excludes halogenated alkanes) is 4. The molecule has 0 radical (unpaired) electrons. The average Bonchev–Trinajstić information content (AvgIpc) is 2.50. The van der Waals surface area contributed by atoms with Crippen LogP contribution in [0.1, 0.15) is 71.0 Å². The van der Waals surface area contributed by atoms with Crippen molar-refractivity contribution in [2.45, 2.75) is 65.4 Å². The normalized spacial score (nSPS) is 14.0. The van der Waals surface area contributed by atoms with Crippen LogP contribution in [0.5, 0.6) is 5.75 Å². The lowest BCUT2D eigenvalue weighted by Gasteiger charge is -2.17. The van der Waals surface area contributed by atoms with Crippen molar-refractivity contribution in [2.75, 3.05) is 6.61 Å². The number of aliphatic hydroxyl groups is 1. The van der Waals surface area contributed by atoms with Crippen LogP contribution in [-0.4, -0.2) is 11.7 Å². The van der Waals surface area contributed by atoms with Gasteiger partial charge in [-0.05, 0) is 30.0 Å². The molecule has 114 valence electrons. The quantitative estimate of drug-likeness (QED) is 0.602. The van der Waals surface area contributed by atoms with Crippen LogP contribution in [0.15, 0.2) is 24.3 Å². The zero-order valence-electron chi connectivity index (χ0n) is 13.3. The van der Waals surface area contributed by atoms with Crippen LogP contribution in [0, 0.1) is 5.92 Å². The molecule has 2 heteroatoms. The summed E-state index contributed by atoms with van der Waals surface area (Å²) in [6.07, 6.45) is 6.89. The molecular weight excluding hydrogens is 248 g/mol. The monoisotopic (exact) mass is 278 g/mol. The molecule has 0 saturated heterocycles. The Balaban J connectivity index is 2.31. The first kappa shape index (κ1) is 17.0. The van der Waals surface area contributed by atoms with Crippen LogP contribution in [0.2, 0.25) is 0 Å². The van der Waals surface area contributed by atoms with E-state index in [-0.39, 0.29) is 6.10 Å². The SMILES string of the molecule is CCCCCCCOc1ccc(C(O)C(C)CC)cc1. The van der Waals surface area contributed by atoms with Crippen LogP contribution in [0.25, 0.3) is 0 Å². The summed E-state index contributed by atoms with van der Waals surface area (Å²) in [5, 5.41) is 10.1. The van der Waals surface area contributed by atoms with Crippen molar-refractivity contribution in [1.82, 2.24) is 0 Å². The van der Waals surface area contributed by atoms with Gasteiger partial charge in [0.15, 0.2) is 0 Å². The van der Waals surface area contributed by atoms with E-state index >= 15 is 0 Å². The molecule has 1 N–H and O–H groups in total. The largest absolute Gasteiger partial charge is 0.494 e. The fourth-order valence-corrected chi connectivity index (χ4v) is 2.21. The Morgan fingerprint density at radius 1 is 1.00 bits per heavy atom. The van der Waals surface area contributed by atoms with Crippen LogP contribution >= 0.6 is 0 Å². The fraction of sp³-hybridized carbons (Fsp3) is 0.667. The zero-order chi connectivity index (χ0) is 14.8. The molecule has 0 aliphatic heterocycles. The molecule has 0 aliphatic rings.